The number of hydrogen-bond donors (Lipinski definition) is 1. The minimum absolute atomic E-state index is 0.00540. The van der Waals surface area contributed by atoms with Crippen molar-refractivity contribution < 1.29 is 22.5 Å². The Hall–Kier alpha value is -3.16. The summed E-state index contributed by atoms with van der Waals surface area (Å²) in [5.74, 6) is -0.961. The van der Waals surface area contributed by atoms with Crippen LogP contribution in [-0.2, 0) is 12.6 Å². The van der Waals surface area contributed by atoms with Gasteiger partial charge in [-0.15, -0.1) is 0 Å². The minimum Gasteiger partial charge on any atom is -0.338 e. The van der Waals surface area contributed by atoms with E-state index in [0.29, 0.717) is 12.0 Å². The van der Waals surface area contributed by atoms with Gasteiger partial charge in [0.25, 0.3) is 5.91 Å². The average Bonchev–Trinajstić information content (AvgIpc) is 3.02. The van der Waals surface area contributed by atoms with Crippen LogP contribution in [0.5, 0.6) is 0 Å². The highest BCUT2D eigenvalue weighted by Gasteiger charge is 2.35. The first kappa shape index (κ1) is 16.7. The third-order valence-electron chi connectivity index (χ3n) is 3.48. The van der Waals surface area contributed by atoms with E-state index in [1.54, 1.807) is 0 Å². The summed E-state index contributed by atoms with van der Waals surface area (Å²) in [6.45, 7) is 0. The van der Waals surface area contributed by atoms with Crippen LogP contribution in [-0.4, -0.2) is 16.0 Å². The number of rotatable bonds is 4. The Kier molecular flexibility index (Phi) is 4.51. The van der Waals surface area contributed by atoms with Crippen LogP contribution in [0.3, 0.4) is 0 Å². The van der Waals surface area contributed by atoms with E-state index in [2.05, 4.69) is 15.5 Å². The van der Waals surface area contributed by atoms with E-state index >= 15 is 0 Å². The molecule has 0 atom stereocenters. The summed E-state index contributed by atoms with van der Waals surface area (Å²) >= 11 is 0. The average molecular weight is 347 g/mol. The molecule has 0 spiro atoms. The fourth-order valence-electron chi connectivity index (χ4n) is 2.30. The summed E-state index contributed by atoms with van der Waals surface area (Å²) in [5, 5.41) is 5.94. The highest BCUT2D eigenvalue weighted by Crippen LogP contribution is 2.32. The van der Waals surface area contributed by atoms with E-state index in [9.17, 15) is 18.0 Å². The van der Waals surface area contributed by atoms with Crippen molar-refractivity contribution in [2.75, 3.05) is 5.32 Å². The summed E-state index contributed by atoms with van der Waals surface area (Å²) in [6.07, 6.45) is -0.986. The van der Waals surface area contributed by atoms with Crippen LogP contribution >= 0.6 is 0 Å². The number of nitrogens with one attached hydrogen (secondary N) is 1. The number of aromatic nitrogens is 2. The Bertz CT molecular complexity index is 876. The second-order valence-electron chi connectivity index (χ2n) is 5.22. The molecule has 128 valence electrons. The van der Waals surface area contributed by atoms with Crippen LogP contribution < -0.4 is 5.32 Å². The first-order valence-electron chi connectivity index (χ1n) is 7.25. The lowest BCUT2D eigenvalue weighted by molar-refractivity contribution is -0.138. The maximum Gasteiger partial charge on any atom is 0.417 e. The number of nitrogens with zero attached hydrogens (tertiary/aromatic N) is 2. The summed E-state index contributed by atoms with van der Waals surface area (Å²) in [5.41, 5.74) is -0.156. The molecule has 0 aliphatic rings. The Labute approximate surface area is 140 Å². The van der Waals surface area contributed by atoms with Crippen molar-refractivity contribution in [3.05, 3.63) is 77.2 Å². The highest BCUT2D eigenvalue weighted by atomic mass is 19.4. The van der Waals surface area contributed by atoms with Gasteiger partial charge < -0.3 is 4.52 Å². The maximum absolute atomic E-state index is 13.0. The van der Waals surface area contributed by atoms with E-state index in [-0.39, 0.29) is 5.88 Å². The lowest BCUT2D eigenvalue weighted by Crippen LogP contribution is -2.19. The molecule has 0 aliphatic carbocycles. The van der Waals surface area contributed by atoms with E-state index in [4.69, 9.17) is 4.52 Å². The molecule has 5 nitrogen and oxygen atoms in total. The molecule has 8 heteroatoms. The zero-order valence-corrected chi connectivity index (χ0v) is 12.7. The normalized spacial score (nSPS) is 11.3. The first-order chi connectivity index (χ1) is 11.9. The molecule has 0 saturated carbocycles. The van der Waals surface area contributed by atoms with Crippen molar-refractivity contribution in [1.29, 1.82) is 0 Å². The van der Waals surface area contributed by atoms with E-state index in [0.717, 1.165) is 24.0 Å². The summed E-state index contributed by atoms with van der Waals surface area (Å²) in [4.78, 5) is 15.8. The molecule has 0 bridgehead atoms. The van der Waals surface area contributed by atoms with Gasteiger partial charge in [-0.25, -0.2) is 0 Å². The minimum atomic E-state index is -4.66. The van der Waals surface area contributed by atoms with Crippen LogP contribution in [0.25, 0.3) is 0 Å². The number of hydrogen-bond acceptors (Lipinski definition) is 4. The maximum atomic E-state index is 13.0. The lowest BCUT2D eigenvalue weighted by Gasteiger charge is -2.11. The van der Waals surface area contributed by atoms with Crippen LogP contribution in [0.1, 0.15) is 27.0 Å². The second-order valence-corrected chi connectivity index (χ2v) is 5.22. The zero-order chi connectivity index (χ0) is 17.9. The lowest BCUT2D eigenvalue weighted by atomic mass is 10.1. The summed E-state index contributed by atoms with van der Waals surface area (Å²) < 4.78 is 44.0. The SMILES string of the molecule is O=C(Nc1oncc1Cc1ccccc1)c1cnccc1C(F)(F)F. The largest absolute Gasteiger partial charge is 0.417 e. The van der Waals surface area contributed by atoms with Crippen LogP contribution in [0, 0.1) is 0 Å². The Morgan fingerprint density at radius 1 is 1.12 bits per heavy atom. The molecule has 0 unspecified atom stereocenters. The molecule has 1 aromatic carbocycles. The molecule has 3 aromatic rings. The van der Waals surface area contributed by atoms with Crippen molar-refractivity contribution in [1.82, 2.24) is 10.1 Å². The molecule has 0 radical (unpaired) electrons. The second kappa shape index (κ2) is 6.76. The summed E-state index contributed by atoms with van der Waals surface area (Å²) in [6, 6.07) is 10.1. The number of anilines is 1. The molecule has 1 N–H and O–H groups in total. The molecule has 0 fully saturated rings. The number of alkyl halides is 3. The van der Waals surface area contributed by atoms with Gasteiger partial charge in [-0.3, -0.25) is 15.1 Å². The van der Waals surface area contributed by atoms with Gasteiger partial charge in [0.2, 0.25) is 5.88 Å². The predicted octanol–water partition coefficient (Wildman–Crippen LogP) is 3.93. The quantitative estimate of drug-likeness (QED) is 0.776. The van der Waals surface area contributed by atoms with Gasteiger partial charge in [0.1, 0.15) is 0 Å². The van der Waals surface area contributed by atoms with Gasteiger partial charge in [-0.1, -0.05) is 35.5 Å². The third kappa shape index (κ3) is 3.85. The molecule has 0 saturated heterocycles. The number of benzene rings is 1. The molecule has 0 aliphatic heterocycles. The van der Waals surface area contributed by atoms with E-state index in [1.165, 1.54) is 6.20 Å². The van der Waals surface area contributed by atoms with Crippen LogP contribution in [0.2, 0.25) is 0 Å². The molecule has 25 heavy (non-hydrogen) atoms. The molecule has 3 rings (SSSR count). The van der Waals surface area contributed by atoms with Gasteiger partial charge in [0.15, 0.2) is 0 Å². The van der Waals surface area contributed by atoms with Crippen LogP contribution in [0.15, 0.2) is 59.5 Å². The number of carbonyl (C=O) groups is 1. The van der Waals surface area contributed by atoms with Gasteiger partial charge in [-0.05, 0) is 11.6 Å². The van der Waals surface area contributed by atoms with Crippen molar-refractivity contribution in [3.8, 4) is 0 Å². The van der Waals surface area contributed by atoms with Gasteiger partial charge >= 0.3 is 6.18 Å². The molecule has 2 aromatic heterocycles. The third-order valence-corrected chi connectivity index (χ3v) is 3.48. The summed E-state index contributed by atoms with van der Waals surface area (Å²) in [7, 11) is 0. The number of halogens is 3. The number of amides is 1. The smallest absolute Gasteiger partial charge is 0.338 e. The topological polar surface area (TPSA) is 68.0 Å². The Morgan fingerprint density at radius 3 is 2.60 bits per heavy atom. The van der Waals surface area contributed by atoms with Gasteiger partial charge in [0.05, 0.1) is 17.3 Å². The number of pyridine rings is 1. The standard InChI is InChI=1S/C17H12F3N3O2/c18-17(19,20)14-6-7-21-10-13(14)15(24)23-16-12(9-22-25-16)8-11-4-2-1-3-5-11/h1-7,9-10H,8H2,(H,23,24). The van der Waals surface area contributed by atoms with Crippen molar-refractivity contribution in [3.63, 3.8) is 0 Å². The molecule has 2 heterocycles. The van der Waals surface area contributed by atoms with Crippen molar-refractivity contribution in [2.24, 2.45) is 0 Å². The van der Waals surface area contributed by atoms with Gasteiger partial charge in [0, 0.05) is 24.4 Å². The van der Waals surface area contributed by atoms with E-state index < -0.39 is 23.2 Å². The fraction of sp³-hybridized carbons (Fsp3) is 0.118. The van der Waals surface area contributed by atoms with Crippen molar-refractivity contribution >= 4 is 11.8 Å². The molecule has 1 amide bonds. The zero-order valence-electron chi connectivity index (χ0n) is 12.7. The van der Waals surface area contributed by atoms with Crippen LogP contribution in [0.4, 0.5) is 19.1 Å². The molecular formula is C17H12F3N3O2. The molecular weight excluding hydrogens is 335 g/mol. The Balaban J connectivity index is 1.83. The first-order valence-corrected chi connectivity index (χ1v) is 7.25. The van der Waals surface area contributed by atoms with E-state index in [1.807, 2.05) is 30.3 Å². The van der Waals surface area contributed by atoms with Gasteiger partial charge in [-0.2, -0.15) is 13.2 Å². The van der Waals surface area contributed by atoms with Crippen molar-refractivity contribution in [2.45, 2.75) is 12.6 Å². The monoisotopic (exact) mass is 347 g/mol. The number of carbonyl (C=O) groups excluding carboxylic acids is 1. The Morgan fingerprint density at radius 2 is 1.88 bits per heavy atom. The predicted molar refractivity (Wildman–Crippen MR) is 82.9 cm³/mol. The fourth-order valence-corrected chi connectivity index (χ4v) is 2.30. The highest BCUT2D eigenvalue weighted by molar-refractivity contribution is 6.04.